The lowest BCUT2D eigenvalue weighted by Crippen LogP contribution is -2.40. The lowest BCUT2D eigenvalue weighted by molar-refractivity contribution is -0.0130. The van der Waals surface area contributed by atoms with E-state index in [1.807, 2.05) is 182 Å². The number of ether oxygens (including phenoxy) is 6. The SMILES string of the molecule is COc1cc(C2Oc3cc([C@H]4Oc5cc(OC(c6ccccc6)(c6ccccc6)c6ccccc6)cc(OC(c6ccccc6)(c6ccccc6)c6ccccc6)c5C(=O)[C@@H]4O)ccc3OC2CO)ccc1O. The van der Waals surface area contributed by atoms with Crippen LogP contribution in [0.25, 0.3) is 0 Å². The number of carbonyl (C=O) groups is 1. The van der Waals surface area contributed by atoms with Gasteiger partial charge in [-0.3, -0.25) is 4.79 Å². The van der Waals surface area contributed by atoms with Gasteiger partial charge in [0.1, 0.15) is 22.8 Å². The Kier molecular flexibility index (Phi) is 12.6. The second-order valence-corrected chi connectivity index (χ2v) is 17.9. The summed E-state index contributed by atoms with van der Waals surface area (Å²) in [5.41, 5.74) is 3.29. The lowest BCUT2D eigenvalue weighted by Gasteiger charge is -2.39. The van der Waals surface area contributed by atoms with E-state index in [0.29, 0.717) is 22.6 Å². The maximum absolute atomic E-state index is 15.3. The summed E-state index contributed by atoms with van der Waals surface area (Å²) in [6.45, 7) is -0.375. The summed E-state index contributed by atoms with van der Waals surface area (Å²) >= 11 is 0. The fourth-order valence-corrected chi connectivity index (χ4v) is 10.1. The molecule has 0 bridgehead atoms. The van der Waals surface area contributed by atoms with E-state index in [1.165, 1.54) is 13.2 Å². The van der Waals surface area contributed by atoms with Gasteiger partial charge in [0.15, 0.2) is 58.6 Å². The Morgan fingerprint density at radius 1 is 0.466 bits per heavy atom. The van der Waals surface area contributed by atoms with Crippen LogP contribution in [-0.2, 0) is 11.2 Å². The van der Waals surface area contributed by atoms with Crippen molar-refractivity contribution in [2.45, 2.75) is 35.6 Å². The van der Waals surface area contributed by atoms with E-state index in [0.717, 1.165) is 33.4 Å². The molecule has 10 heteroatoms. The minimum absolute atomic E-state index is 0.0256. The molecular formula is C63H50O10. The van der Waals surface area contributed by atoms with Crippen molar-refractivity contribution in [2.75, 3.05) is 13.7 Å². The number of phenols is 1. The smallest absolute Gasteiger partial charge is 0.202 e. The summed E-state index contributed by atoms with van der Waals surface area (Å²) in [4.78, 5) is 15.3. The van der Waals surface area contributed by atoms with Gasteiger partial charge in [0.05, 0.1) is 13.7 Å². The van der Waals surface area contributed by atoms with Gasteiger partial charge in [-0.15, -0.1) is 0 Å². The van der Waals surface area contributed by atoms with Gasteiger partial charge in [0.2, 0.25) is 5.78 Å². The molecule has 3 N–H and O–H groups in total. The van der Waals surface area contributed by atoms with E-state index in [-0.39, 0.29) is 40.9 Å². The third kappa shape index (κ3) is 8.46. The molecule has 0 amide bonds. The van der Waals surface area contributed by atoms with Gasteiger partial charge in [-0.2, -0.15) is 0 Å². The van der Waals surface area contributed by atoms with Gasteiger partial charge in [0.25, 0.3) is 0 Å². The molecule has 0 aliphatic carbocycles. The van der Waals surface area contributed by atoms with Crippen molar-refractivity contribution in [3.8, 4) is 40.2 Å². The zero-order valence-electron chi connectivity index (χ0n) is 39.7. The molecule has 2 heterocycles. The van der Waals surface area contributed by atoms with Crippen LogP contribution >= 0.6 is 0 Å². The molecule has 2 unspecified atom stereocenters. The first kappa shape index (κ1) is 46.5. The van der Waals surface area contributed by atoms with Crippen LogP contribution < -0.4 is 28.4 Å². The number of aromatic hydroxyl groups is 1. The molecule has 10 nitrogen and oxygen atoms in total. The highest BCUT2D eigenvalue weighted by atomic mass is 16.6. The van der Waals surface area contributed by atoms with Crippen LogP contribution in [0.2, 0.25) is 0 Å². The van der Waals surface area contributed by atoms with Gasteiger partial charge in [-0.1, -0.05) is 194 Å². The largest absolute Gasteiger partial charge is 0.504 e. The van der Waals surface area contributed by atoms with Crippen LogP contribution in [0.5, 0.6) is 40.2 Å². The van der Waals surface area contributed by atoms with Crippen molar-refractivity contribution in [1.82, 2.24) is 0 Å². The van der Waals surface area contributed by atoms with Gasteiger partial charge >= 0.3 is 0 Å². The topological polar surface area (TPSA) is 133 Å². The highest BCUT2D eigenvalue weighted by Gasteiger charge is 2.46. The zero-order chi connectivity index (χ0) is 49.9. The van der Waals surface area contributed by atoms with Crippen LogP contribution in [0.4, 0.5) is 0 Å². The second kappa shape index (κ2) is 19.8. The van der Waals surface area contributed by atoms with Crippen LogP contribution in [0.15, 0.2) is 231 Å². The molecule has 0 aromatic heterocycles. The van der Waals surface area contributed by atoms with E-state index < -0.39 is 41.4 Å². The Labute approximate surface area is 422 Å². The first-order valence-electron chi connectivity index (χ1n) is 24.0. The monoisotopic (exact) mass is 966 g/mol. The third-order valence-corrected chi connectivity index (χ3v) is 13.6. The molecule has 9 aromatic carbocycles. The maximum Gasteiger partial charge on any atom is 0.202 e. The molecule has 2 aliphatic rings. The molecule has 0 saturated carbocycles. The molecule has 73 heavy (non-hydrogen) atoms. The number of Topliss-reactive ketones (excluding diaryl/α,β-unsaturated/α-hetero) is 1. The summed E-state index contributed by atoms with van der Waals surface area (Å²) in [5.74, 6) is 0.682. The highest BCUT2D eigenvalue weighted by molar-refractivity contribution is 6.06. The molecule has 0 fully saturated rings. The number of ketones is 1. The number of carbonyl (C=O) groups excluding carboxylic acids is 1. The Balaban J connectivity index is 1.10. The molecule has 0 spiro atoms. The number of methoxy groups -OCH3 is 1. The standard InChI is InChI=1S/C63H50O10/c1-68-52-36-41(32-34-50(52)65)60-56(40-64)69-51-35-33-42(37-53(51)70-60)61-59(67)58(66)57-54(71-61)38-49(72-62(43-20-8-2-9-21-43,44-22-10-3-11-23-44)45-24-12-4-13-25-45)39-55(57)73-63(46-26-14-5-15-27-46,47-28-16-6-17-29-47)48-30-18-7-19-31-48/h2-39,56,59-61,64-65,67H,40H2,1H3/t56?,59-,60?,61+/m0/s1. The fraction of sp³-hybridized carbons (Fsp3) is 0.127. The molecular weight excluding hydrogens is 917 g/mol. The molecule has 11 rings (SSSR count). The van der Waals surface area contributed by atoms with Gasteiger partial charge in [-0.25, -0.2) is 0 Å². The van der Waals surface area contributed by atoms with Crippen molar-refractivity contribution in [3.05, 3.63) is 281 Å². The Morgan fingerprint density at radius 2 is 0.904 bits per heavy atom. The van der Waals surface area contributed by atoms with Crippen molar-refractivity contribution in [3.63, 3.8) is 0 Å². The van der Waals surface area contributed by atoms with Crippen LogP contribution in [-0.4, -0.2) is 47.0 Å². The lowest BCUT2D eigenvalue weighted by atomic mass is 9.79. The number of benzene rings is 9. The van der Waals surface area contributed by atoms with E-state index >= 15 is 4.79 Å². The average molecular weight is 967 g/mol. The minimum Gasteiger partial charge on any atom is -0.504 e. The number of fused-ring (bicyclic) bond motifs is 2. The first-order valence-corrected chi connectivity index (χ1v) is 24.0. The summed E-state index contributed by atoms with van der Waals surface area (Å²) in [6, 6.07) is 72.6. The predicted molar refractivity (Wildman–Crippen MR) is 276 cm³/mol. The Bertz CT molecular complexity index is 3160. The van der Waals surface area contributed by atoms with Gasteiger partial charge in [-0.05, 0) is 29.8 Å². The Morgan fingerprint density at radius 3 is 1.37 bits per heavy atom. The second-order valence-electron chi connectivity index (χ2n) is 17.9. The molecule has 0 saturated heterocycles. The number of aliphatic hydroxyl groups is 2. The van der Waals surface area contributed by atoms with Crippen molar-refractivity contribution < 1.29 is 48.5 Å². The minimum atomic E-state index is -1.72. The number of rotatable bonds is 14. The molecule has 2 aliphatic heterocycles. The van der Waals surface area contributed by atoms with E-state index in [9.17, 15) is 15.3 Å². The highest BCUT2D eigenvalue weighted by Crippen LogP contribution is 2.51. The summed E-state index contributed by atoms with van der Waals surface area (Å²) in [6.07, 6.45) is -4.59. The maximum atomic E-state index is 15.3. The normalized spacial score (nSPS) is 17.2. The number of hydrogen-bond acceptors (Lipinski definition) is 10. The van der Waals surface area contributed by atoms with Crippen molar-refractivity contribution in [1.29, 1.82) is 0 Å². The van der Waals surface area contributed by atoms with Crippen LogP contribution in [0.1, 0.15) is 67.1 Å². The summed E-state index contributed by atoms with van der Waals surface area (Å²) in [7, 11) is 1.44. The predicted octanol–water partition coefficient (Wildman–Crippen LogP) is 11.7. The van der Waals surface area contributed by atoms with Crippen LogP contribution in [0, 0.1) is 0 Å². The quantitative estimate of drug-likeness (QED) is 0.0905. The van der Waals surface area contributed by atoms with Gasteiger partial charge < -0.3 is 43.7 Å². The van der Waals surface area contributed by atoms with Crippen molar-refractivity contribution >= 4 is 5.78 Å². The van der Waals surface area contributed by atoms with E-state index in [2.05, 4.69) is 0 Å². The van der Waals surface area contributed by atoms with Crippen LogP contribution in [0.3, 0.4) is 0 Å². The fourth-order valence-electron chi connectivity index (χ4n) is 10.1. The molecule has 9 aromatic rings. The molecule has 0 radical (unpaired) electrons. The van der Waals surface area contributed by atoms with Crippen molar-refractivity contribution in [2.24, 2.45) is 0 Å². The van der Waals surface area contributed by atoms with Gasteiger partial charge in [0, 0.05) is 51.1 Å². The van der Waals surface area contributed by atoms with E-state index in [4.69, 9.17) is 28.4 Å². The number of aliphatic hydroxyl groups excluding tert-OH is 2. The Hall–Kier alpha value is -8.83. The zero-order valence-corrected chi connectivity index (χ0v) is 39.7. The summed E-state index contributed by atoms with van der Waals surface area (Å²) in [5, 5.41) is 33.1. The average Bonchev–Trinajstić information content (AvgIpc) is 3.45. The summed E-state index contributed by atoms with van der Waals surface area (Å²) < 4.78 is 40.2. The third-order valence-electron chi connectivity index (χ3n) is 13.6. The first-order chi connectivity index (χ1) is 35.8. The van der Waals surface area contributed by atoms with E-state index in [1.54, 1.807) is 42.5 Å². The number of hydrogen-bond donors (Lipinski definition) is 3. The molecule has 362 valence electrons. The number of phenolic OH excluding ortho intramolecular Hbond substituents is 1. The molecule has 4 atom stereocenters.